The Balaban J connectivity index is 3.00. The van der Waals surface area contributed by atoms with Crippen LogP contribution in [0.25, 0.3) is 0 Å². The summed E-state index contributed by atoms with van der Waals surface area (Å²) in [6.45, 7) is 9.97. The molecule has 0 fully saturated rings. The number of rotatable bonds is 4. The lowest BCUT2D eigenvalue weighted by Gasteiger charge is -2.19. The van der Waals surface area contributed by atoms with Gasteiger partial charge in [0.1, 0.15) is 0 Å². The van der Waals surface area contributed by atoms with Crippen LogP contribution in [-0.4, -0.2) is 23.1 Å². The van der Waals surface area contributed by atoms with Crippen LogP contribution in [0.3, 0.4) is 0 Å². The van der Waals surface area contributed by atoms with Crippen molar-refractivity contribution in [3.05, 3.63) is 17.5 Å². The second-order valence-corrected chi connectivity index (χ2v) is 3.67. The summed E-state index contributed by atoms with van der Waals surface area (Å²) < 4.78 is 0. The van der Waals surface area contributed by atoms with Crippen LogP contribution in [0.15, 0.2) is 6.20 Å². The number of nitrogens with zero attached hydrogens (tertiary/aromatic N) is 3. The van der Waals surface area contributed by atoms with Crippen molar-refractivity contribution in [3.63, 3.8) is 0 Å². The highest BCUT2D eigenvalue weighted by Gasteiger charge is 2.10. The summed E-state index contributed by atoms with van der Waals surface area (Å²) in [7, 11) is 0. The monoisotopic (exact) mass is 208 g/mol. The quantitative estimate of drug-likeness (QED) is 0.817. The van der Waals surface area contributed by atoms with Gasteiger partial charge >= 0.3 is 0 Å². The molecule has 0 bridgehead atoms. The van der Waals surface area contributed by atoms with E-state index in [1.54, 1.807) is 0 Å². The van der Waals surface area contributed by atoms with Crippen LogP contribution < -0.4 is 10.6 Å². The highest BCUT2D eigenvalue weighted by atomic mass is 15.2. The normalized spacial score (nSPS) is 12.6. The van der Waals surface area contributed by atoms with E-state index >= 15 is 0 Å². The molecule has 0 unspecified atom stereocenters. The van der Waals surface area contributed by atoms with Crippen LogP contribution in [0.4, 0.5) is 5.95 Å². The lowest BCUT2D eigenvalue weighted by atomic mass is 10.1. The van der Waals surface area contributed by atoms with E-state index in [1.807, 2.05) is 20.0 Å². The Labute approximate surface area is 91.5 Å². The Kier molecular flexibility index (Phi) is 4.03. The van der Waals surface area contributed by atoms with Gasteiger partial charge in [-0.05, 0) is 27.7 Å². The second kappa shape index (κ2) is 5.07. The van der Waals surface area contributed by atoms with Crippen molar-refractivity contribution >= 4 is 5.95 Å². The number of nitrogens with two attached hydrogens (primary N) is 1. The molecule has 0 aliphatic carbocycles. The molecule has 2 N–H and O–H groups in total. The summed E-state index contributed by atoms with van der Waals surface area (Å²) in [6.07, 6.45) is 1.83. The molecule has 0 saturated carbocycles. The van der Waals surface area contributed by atoms with Gasteiger partial charge in [0, 0.05) is 36.6 Å². The third-order valence-electron chi connectivity index (χ3n) is 2.54. The zero-order valence-corrected chi connectivity index (χ0v) is 9.99. The first-order valence-corrected chi connectivity index (χ1v) is 5.44. The van der Waals surface area contributed by atoms with E-state index in [0.717, 1.165) is 30.3 Å². The van der Waals surface area contributed by atoms with Crippen LogP contribution in [-0.2, 0) is 0 Å². The van der Waals surface area contributed by atoms with Gasteiger partial charge in [-0.2, -0.15) is 0 Å². The maximum atomic E-state index is 5.81. The maximum absolute atomic E-state index is 5.81. The molecule has 4 nitrogen and oxygen atoms in total. The first kappa shape index (κ1) is 11.9. The molecule has 0 spiro atoms. The van der Waals surface area contributed by atoms with Crippen LogP contribution in [0.2, 0.25) is 0 Å². The molecule has 0 aliphatic rings. The third-order valence-corrected chi connectivity index (χ3v) is 2.54. The lowest BCUT2D eigenvalue weighted by Crippen LogP contribution is -2.25. The minimum atomic E-state index is -0.00393. The van der Waals surface area contributed by atoms with E-state index in [9.17, 15) is 0 Å². The van der Waals surface area contributed by atoms with E-state index in [1.165, 1.54) is 0 Å². The van der Waals surface area contributed by atoms with Crippen molar-refractivity contribution in [2.75, 3.05) is 18.0 Å². The predicted molar refractivity (Wildman–Crippen MR) is 62.9 cm³/mol. The summed E-state index contributed by atoms with van der Waals surface area (Å²) in [5.74, 6) is 0.793. The highest BCUT2D eigenvalue weighted by molar-refractivity contribution is 5.33. The molecule has 0 saturated heterocycles. The van der Waals surface area contributed by atoms with E-state index in [-0.39, 0.29) is 6.04 Å². The number of anilines is 1. The van der Waals surface area contributed by atoms with Gasteiger partial charge in [0.2, 0.25) is 5.95 Å². The fourth-order valence-corrected chi connectivity index (χ4v) is 1.57. The van der Waals surface area contributed by atoms with Crippen LogP contribution >= 0.6 is 0 Å². The number of aromatic nitrogens is 2. The van der Waals surface area contributed by atoms with Crippen molar-refractivity contribution in [2.45, 2.75) is 33.7 Å². The van der Waals surface area contributed by atoms with Gasteiger partial charge in [-0.25, -0.2) is 9.97 Å². The predicted octanol–water partition coefficient (Wildman–Crippen LogP) is 1.65. The van der Waals surface area contributed by atoms with Gasteiger partial charge in [-0.3, -0.25) is 0 Å². The SMILES string of the molecule is CCN(CC)c1ncc([C@@H](C)N)c(C)n1. The molecule has 1 aromatic rings. The molecular formula is C11H20N4. The first-order valence-electron chi connectivity index (χ1n) is 5.44. The standard InChI is InChI=1S/C11H20N4/c1-5-15(6-2)11-13-7-10(8(3)12)9(4)14-11/h7-8H,5-6,12H2,1-4H3/t8-/m1/s1. The first-order chi connectivity index (χ1) is 7.10. The van der Waals surface area contributed by atoms with E-state index in [0.29, 0.717) is 0 Å². The van der Waals surface area contributed by atoms with Crippen molar-refractivity contribution in [3.8, 4) is 0 Å². The molecular weight excluding hydrogens is 188 g/mol. The van der Waals surface area contributed by atoms with Gasteiger partial charge in [0.05, 0.1) is 0 Å². The van der Waals surface area contributed by atoms with Crippen molar-refractivity contribution in [2.24, 2.45) is 5.73 Å². The molecule has 15 heavy (non-hydrogen) atoms. The Bertz CT molecular complexity index is 318. The highest BCUT2D eigenvalue weighted by Crippen LogP contribution is 2.15. The Morgan fingerprint density at radius 2 is 2.00 bits per heavy atom. The molecule has 0 aromatic carbocycles. The molecule has 1 rings (SSSR count). The zero-order chi connectivity index (χ0) is 11.4. The fourth-order valence-electron chi connectivity index (χ4n) is 1.57. The van der Waals surface area contributed by atoms with Gasteiger partial charge in [0.25, 0.3) is 0 Å². The molecule has 4 heteroatoms. The summed E-state index contributed by atoms with van der Waals surface area (Å²) in [5, 5.41) is 0. The Hall–Kier alpha value is -1.16. The molecule has 84 valence electrons. The Morgan fingerprint density at radius 1 is 1.40 bits per heavy atom. The summed E-state index contributed by atoms with van der Waals surface area (Å²) in [4.78, 5) is 10.9. The van der Waals surface area contributed by atoms with Crippen LogP contribution in [0, 0.1) is 6.92 Å². The molecule has 0 radical (unpaired) electrons. The summed E-state index contributed by atoms with van der Waals surface area (Å²) >= 11 is 0. The summed E-state index contributed by atoms with van der Waals surface area (Å²) in [5.41, 5.74) is 7.81. The smallest absolute Gasteiger partial charge is 0.225 e. The second-order valence-electron chi connectivity index (χ2n) is 3.67. The number of aryl methyl sites for hydroxylation is 1. The van der Waals surface area contributed by atoms with Crippen LogP contribution in [0.5, 0.6) is 0 Å². The molecule has 1 aromatic heterocycles. The topological polar surface area (TPSA) is 55.0 Å². The fraction of sp³-hybridized carbons (Fsp3) is 0.636. The van der Waals surface area contributed by atoms with Crippen LogP contribution in [0.1, 0.15) is 38.1 Å². The zero-order valence-electron chi connectivity index (χ0n) is 9.99. The Morgan fingerprint density at radius 3 is 2.40 bits per heavy atom. The molecule has 1 heterocycles. The van der Waals surface area contributed by atoms with Gasteiger partial charge in [0.15, 0.2) is 0 Å². The van der Waals surface area contributed by atoms with Crippen molar-refractivity contribution in [1.82, 2.24) is 9.97 Å². The minimum absolute atomic E-state index is 0.00393. The van der Waals surface area contributed by atoms with Gasteiger partial charge < -0.3 is 10.6 Å². The lowest BCUT2D eigenvalue weighted by molar-refractivity contribution is 0.767. The minimum Gasteiger partial charge on any atom is -0.341 e. The van der Waals surface area contributed by atoms with Crippen molar-refractivity contribution in [1.29, 1.82) is 0 Å². The van der Waals surface area contributed by atoms with Gasteiger partial charge in [-0.15, -0.1) is 0 Å². The van der Waals surface area contributed by atoms with Crippen molar-refractivity contribution < 1.29 is 0 Å². The summed E-state index contributed by atoms with van der Waals surface area (Å²) in [6, 6.07) is -0.00393. The number of hydrogen-bond acceptors (Lipinski definition) is 4. The molecule has 0 amide bonds. The third kappa shape index (κ3) is 2.65. The largest absolute Gasteiger partial charge is 0.341 e. The van der Waals surface area contributed by atoms with Gasteiger partial charge in [-0.1, -0.05) is 0 Å². The molecule has 0 aliphatic heterocycles. The van der Waals surface area contributed by atoms with E-state index < -0.39 is 0 Å². The average molecular weight is 208 g/mol. The number of hydrogen-bond donors (Lipinski definition) is 1. The average Bonchev–Trinajstić information content (AvgIpc) is 2.19. The van der Waals surface area contributed by atoms with E-state index in [4.69, 9.17) is 5.73 Å². The maximum Gasteiger partial charge on any atom is 0.225 e. The van der Waals surface area contributed by atoms with E-state index in [2.05, 4.69) is 28.7 Å². The molecule has 1 atom stereocenters.